The Bertz CT molecular complexity index is 668. The quantitative estimate of drug-likeness (QED) is 0.598. The third kappa shape index (κ3) is 5.27. The van der Waals surface area contributed by atoms with Crippen molar-refractivity contribution < 1.29 is 19.1 Å². The van der Waals surface area contributed by atoms with Crippen molar-refractivity contribution >= 4 is 34.4 Å². The van der Waals surface area contributed by atoms with Gasteiger partial charge in [-0.1, -0.05) is 13.8 Å². The Hall–Kier alpha value is -1.51. The number of benzene rings is 1. The van der Waals surface area contributed by atoms with E-state index < -0.39 is 0 Å². The van der Waals surface area contributed by atoms with Crippen LogP contribution in [0.4, 0.5) is 0 Å². The molecular formula is C20H29IN2O4. The topological polar surface area (TPSA) is 67.9 Å². The molecule has 1 heterocycles. The molecule has 1 aliphatic heterocycles. The third-order valence-electron chi connectivity index (χ3n) is 5.19. The number of piperidine rings is 1. The third-order valence-corrected chi connectivity index (χ3v) is 6.09. The first-order chi connectivity index (χ1) is 12.9. The number of nitrogens with one attached hydrogen (secondary N) is 1. The van der Waals surface area contributed by atoms with Gasteiger partial charge in [0.25, 0.3) is 5.91 Å². The lowest BCUT2D eigenvalue weighted by molar-refractivity contribution is -0.136. The maximum absolute atomic E-state index is 12.7. The van der Waals surface area contributed by atoms with Crippen molar-refractivity contribution in [2.45, 2.75) is 45.6 Å². The van der Waals surface area contributed by atoms with Gasteiger partial charge in [0.1, 0.15) is 0 Å². The number of methoxy groups -OCH3 is 2. The van der Waals surface area contributed by atoms with Gasteiger partial charge in [-0.2, -0.15) is 0 Å². The van der Waals surface area contributed by atoms with E-state index in [2.05, 4.69) is 41.8 Å². The van der Waals surface area contributed by atoms with Gasteiger partial charge in [0.05, 0.1) is 19.8 Å². The van der Waals surface area contributed by atoms with Crippen LogP contribution >= 0.6 is 22.6 Å². The minimum Gasteiger partial charge on any atom is -0.493 e. The van der Waals surface area contributed by atoms with E-state index >= 15 is 0 Å². The second-order valence-electron chi connectivity index (χ2n) is 6.77. The number of hydrogen-bond acceptors (Lipinski definition) is 4. The van der Waals surface area contributed by atoms with Gasteiger partial charge in [0.15, 0.2) is 11.5 Å². The summed E-state index contributed by atoms with van der Waals surface area (Å²) in [6.45, 7) is 5.51. The van der Waals surface area contributed by atoms with Crippen molar-refractivity contribution in [1.82, 2.24) is 10.2 Å². The van der Waals surface area contributed by atoms with Crippen LogP contribution in [0.5, 0.6) is 11.5 Å². The molecule has 1 aromatic carbocycles. The minimum absolute atomic E-state index is 0.0761. The van der Waals surface area contributed by atoms with Crippen molar-refractivity contribution in [2.75, 3.05) is 27.3 Å². The summed E-state index contributed by atoms with van der Waals surface area (Å²) in [5.74, 6) is 1.38. The predicted octanol–water partition coefficient (Wildman–Crippen LogP) is 3.47. The highest BCUT2D eigenvalue weighted by Gasteiger charge is 2.27. The van der Waals surface area contributed by atoms with Crippen molar-refractivity contribution in [3.8, 4) is 11.5 Å². The van der Waals surface area contributed by atoms with Gasteiger partial charge < -0.3 is 19.7 Å². The van der Waals surface area contributed by atoms with Crippen LogP contribution in [0.1, 0.15) is 49.9 Å². The van der Waals surface area contributed by atoms with Crippen LogP contribution in [0.3, 0.4) is 0 Å². The number of likely N-dealkylation sites (tertiary alicyclic amines) is 1. The number of hydrogen-bond donors (Lipinski definition) is 1. The van der Waals surface area contributed by atoms with Crippen LogP contribution in [-0.2, 0) is 4.79 Å². The van der Waals surface area contributed by atoms with Crippen LogP contribution in [0.2, 0.25) is 0 Å². The lowest BCUT2D eigenvalue weighted by Crippen LogP contribution is -2.48. The number of halogens is 1. The van der Waals surface area contributed by atoms with Crippen LogP contribution < -0.4 is 14.8 Å². The molecule has 2 amide bonds. The van der Waals surface area contributed by atoms with Crippen molar-refractivity contribution in [3.05, 3.63) is 21.3 Å². The summed E-state index contributed by atoms with van der Waals surface area (Å²) >= 11 is 2.13. The highest BCUT2D eigenvalue weighted by atomic mass is 127. The number of rotatable bonds is 7. The fourth-order valence-electron chi connectivity index (χ4n) is 3.43. The average molecular weight is 488 g/mol. The molecule has 0 bridgehead atoms. The number of carbonyl (C=O) groups is 2. The van der Waals surface area contributed by atoms with Gasteiger partial charge in [0.2, 0.25) is 5.91 Å². The molecule has 1 aromatic rings. The number of nitrogens with zero attached hydrogens (tertiary/aromatic N) is 1. The smallest absolute Gasteiger partial charge is 0.252 e. The van der Waals surface area contributed by atoms with Crippen LogP contribution in [0.25, 0.3) is 0 Å². The first-order valence-electron chi connectivity index (χ1n) is 9.46. The first-order valence-corrected chi connectivity index (χ1v) is 10.5. The Morgan fingerprint density at radius 2 is 1.70 bits per heavy atom. The molecule has 1 aliphatic rings. The Balaban J connectivity index is 1.97. The van der Waals surface area contributed by atoms with Gasteiger partial charge in [0, 0.05) is 28.6 Å². The van der Waals surface area contributed by atoms with E-state index in [1.165, 1.54) is 0 Å². The van der Waals surface area contributed by atoms with E-state index in [1.807, 2.05) is 4.90 Å². The maximum atomic E-state index is 12.7. The standard InChI is InChI=1S/C20H29IN2O4/c1-5-13(6-2)20(25)23-9-7-14(8-10-23)22-19(24)15-11-17(26-3)18(27-4)12-16(15)21/h11-14H,5-10H2,1-4H3,(H,22,24). The zero-order chi connectivity index (χ0) is 20.0. The molecule has 150 valence electrons. The summed E-state index contributed by atoms with van der Waals surface area (Å²) in [5.41, 5.74) is 0.573. The Morgan fingerprint density at radius 1 is 1.15 bits per heavy atom. The maximum Gasteiger partial charge on any atom is 0.252 e. The highest BCUT2D eigenvalue weighted by molar-refractivity contribution is 14.1. The normalized spacial score (nSPS) is 15.0. The first kappa shape index (κ1) is 21.8. The molecule has 1 fully saturated rings. The van der Waals surface area contributed by atoms with E-state index in [-0.39, 0.29) is 23.8 Å². The van der Waals surface area contributed by atoms with Crippen molar-refractivity contribution in [2.24, 2.45) is 5.92 Å². The van der Waals surface area contributed by atoms with Gasteiger partial charge >= 0.3 is 0 Å². The predicted molar refractivity (Wildman–Crippen MR) is 113 cm³/mol. The molecule has 27 heavy (non-hydrogen) atoms. The fourth-order valence-corrected chi connectivity index (χ4v) is 4.12. The van der Waals surface area contributed by atoms with Gasteiger partial charge in [-0.05, 0) is 60.4 Å². The Kier molecular flexibility index (Phi) is 8.19. The molecular weight excluding hydrogens is 459 g/mol. The zero-order valence-electron chi connectivity index (χ0n) is 16.5. The largest absolute Gasteiger partial charge is 0.493 e. The number of amides is 2. The summed E-state index contributed by atoms with van der Waals surface area (Å²) in [6, 6.07) is 3.58. The van der Waals surface area contributed by atoms with Gasteiger partial charge in [-0.15, -0.1) is 0 Å². The average Bonchev–Trinajstić information content (AvgIpc) is 2.68. The van der Waals surface area contributed by atoms with E-state index in [9.17, 15) is 9.59 Å². The van der Waals surface area contributed by atoms with Crippen molar-refractivity contribution in [3.63, 3.8) is 0 Å². The molecule has 7 heteroatoms. The van der Waals surface area contributed by atoms with Gasteiger partial charge in [-0.25, -0.2) is 0 Å². The monoisotopic (exact) mass is 488 g/mol. The van der Waals surface area contributed by atoms with Crippen LogP contribution in [0.15, 0.2) is 12.1 Å². The van der Waals surface area contributed by atoms with E-state index in [1.54, 1.807) is 26.4 Å². The SMILES string of the molecule is CCC(CC)C(=O)N1CCC(NC(=O)c2cc(OC)c(OC)cc2I)CC1. The molecule has 0 saturated carbocycles. The van der Waals surface area contributed by atoms with Crippen LogP contribution in [0, 0.1) is 9.49 Å². The summed E-state index contributed by atoms with van der Waals surface area (Å²) in [6.07, 6.45) is 3.32. The lowest BCUT2D eigenvalue weighted by atomic mass is 9.98. The molecule has 1 saturated heterocycles. The molecule has 2 rings (SSSR count). The Morgan fingerprint density at radius 3 is 2.22 bits per heavy atom. The number of ether oxygens (including phenoxy) is 2. The van der Waals surface area contributed by atoms with Crippen molar-refractivity contribution in [1.29, 1.82) is 0 Å². The van der Waals surface area contributed by atoms with Crippen LogP contribution in [-0.4, -0.2) is 50.1 Å². The summed E-state index contributed by atoms with van der Waals surface area (Å²) in [5, 5.41) is 3.10. The van der Waals surface area contributed by atoms with E-state index in [4.69, 9.17) is 9.47 Å². The molecule has 0 spiro atoms. The number of carbonyl (C=O) groups excluding carboxylic acids is 2. The van der Waals surface area contributed by atoms with Gasteiger partial charge in [-0.3, -0.25) is 9.59 Å². The lowest BCUT2D eigenvalue weighted by Gasteiger charge is -2.34. The molecule has 0 atom stereocenters. The summed E-state index contributed by atoms with van der Waals surface area (Å²) in [7, 11) is 3.13. The second kappa shape index (κ2) is 10.1. The molecule has 0 aliphatic carbocycles. The highest BCUT2D eigenvalue weighted by Crippen LogP contribution is 2.31. The summed E-state index contributed by atoms with van der Waals surface area (Å²) < 4.78 is 11.4. The molecule has 1 N–H and O–H groups in total. The molecule has 0 radical (unpaired) electrons. The molecule has 0 unspecified atom stereocenters. The van der Waals surface area contributed by atoms with E-state index in [0.717, 1.165) is 29.3 Å². The fraction of sp³-hybridized carbons (Fsp3) is 0.600. The second-order valence-corrected chi connectivity index (χ2v) is 7.94. The van der Waals surface area contributed by atoms with E-state index in [0.29, 0.717) is 30.2 Å². The minimum atomic E-state index is -0.120. The molecule has 0 aromatic heterocycles. The summed E-state index contributed by atoms with van der Waals surface area (Å²) in [4.78, 5) is 27.2. The molecule has 6 nitrogen and oxygen atoms in total. The zero-order valence-corrected chi connectivity index (χ0v) is 18.7. The Labute approximate surface area is 175 Å².